The molecule has 1 aliphatic carbocycles. The van der Waals surface area contributed by atoms with Crippen LogP contribution in [0.25, 0.3) is 0 Å². The summed E-state index contributed by atoms with van der Waals surface area (Å²) in [6.45, 7) is 6.04. The molecule has 2 aliphatic rings. The molecule has 2 aromatic rings. The van der Waals surface area contributed by atoms with Gasteiger partial charge in [-0.05, 0) is 61.8 Å². The average molecular weight is 450 g/mol. The number of alkyl halides is 2. The van der Waals surface area contributed by atoms with Crippen LogP contribution in [0.5, 0.6) is 0 Å². The molecule has 0 radical (unpaired) electrons. The topological polar surface area (TPSA) is 46.6 Å². The van der Waals surface area contributed by atoms with Gasteiger partial charge in [-0.3, -0.25) is 4.31 Å². The lowest BCUT2D eigenvalue weighted by Crippen LogP contribution is -2.42. The van der Waals surface area contributed by atoms with Crippen LogP contribution in [0.1, 0.15) is 57.1 Å². The summed E-state index contributed by atoms with van der Waals surface area (Å²) < 4.78 is 60.0. The predicted molar refractivity (Wildman–Crippen MR) is 117 cm³/mol. The lowest BCUT2D eigenvalue weighted by atomic mass is 9.63. The molecule has 31 heavy (non-hydrogen) atoms. The number of sulfonamides is 1. The standard InChI is InChI=1S/C24H29F2NO3S/c1-3-30-17-23(2)12-14-24(15-13-23)16-27(21-7-5-4-6-20(21)24)31(28,29)19-10-8-18(9-11-19)22(25)26/h4-11,22H,3,12-17H2,1-2H3/t23-,24+. The molecule has 168 valence electrons. The van der Waals surface area contributed by atoms with Crippen molar-refractivity contribution in [3.63, 3.8) is 0 Å². The van der Waals surface area contributed by atoms with Gasteiger partial charge in [0.25, 0.3) is 16.4 Å². The third kappa shape index (κ3) is 3.98. The van der Waals surface area contributed by atoms with Gasteiger partial charge in [0.05, 0.1) is 17.2 Å². The summed E-state index contributed by atoms with van der Waals surface area (Å²) in [5.41, 5.74) is 1.47. The SMILES string of the molecule is CCOC[C@]1(C)CC[C@]2(CC1)CN(S(=O)(=O)c1ccc(C(F)F)cc1)c1ccccc12. The van der Waals surface area contributed by atoms with Crippen molar-refractivity contribution in [2.24, 2.45) is 5.41 Å². The van der Waals surface area contributed by atoms with Gasteiger partial charge in [0.2, 0.25) is 0 Å². The first kappa shape index (κ1) is 22.2. The molecular weight excluding hydrogens is 420 g/mol. The van der Waals surface area contributed by atoms with Gasteiger partial charge in [0.15, 0.2) is 0 Å². The van der Waals surface area contributed by atoms with Gasteiger partial charge in [0.1, 0.15) is 0 Å². The van der Waals surface area contributed by atoms with Crippen LogP contribution < -0.4 is 4.31 Å². The number of nitrogens with zero attached hydrogens (tertiary/aromatic N) is 1. The zero-order valence-electron chi connectivity index (χ0n) is 18.0. The van der Waals surface area contributed by atoms with Gasteiger partial charge in [0, 0.05) is 24.1 Å². The number of fused-ring (bicyclic) bond motifs is 2. The molecule has 1 saturated carbocycles. The summed E-state index contributed by atoms with van der Waals surface area (Å²) in [6.07, 6.45) is 1.10. The van der Waals surface area contributed by atoms with Gasteiger partial charge < -0.3 is 4.74 Å². The Morgan fingerprint density at radius 3 is 2.29 bits per heavy atom. The van der Waals surface area contributed by atoms with Crippen LogP contribution in [0.15, 0.2) is 53.4 Å². The minimum atomic E-state index is -3.85. The van der Waals surface area contributed by atoms with E-state index in [1.165, 1.54) is 28.6 Å². The monoisotopic (exact) mass is 449 g/mol. The van der Waals surface area contributed by atoms with E-state index in [0.717, 1.165) is 37.9 Å². The van der Waals surface area contributed by atoms with Crippen LogP contribution >= 0.6 is 0 Å². The molecule has 0 saturated heterocycles. The molecule has 4 nitrogen and oxygen atoms in total. The molecule has 0 atom stereocenters. The molecule has 1 aliphatic heterocycles. The number of hydrogen-bond acceptors (Lipinski definition) is 3. The highest BCUT2D eigenvalue weighted by atomic mass is 32.2. The highest BCUT2D eigenvalue weighted by Gasteiger charge is 2.50. The maximum Gasteiger partial charge on any atom is 0.264 e. The number of anilines is 1. The van der Waals surface area contributed by atoms with Crippen molar-refractivity contribution in [3.05, 3.63) is 59.7 Å². The molecule has 0 bridgehead atoms. The number of ether oxygens (including phenoxy) is 1. The third-order valence-corrected chi connectivity index (χ3v) is 8.75. The van der Waals surface area contributed by atoms with Crippen LogP contribution in [0.2, 0.25) is 0 Å². The van der Waals surface area contributed by atoms with Gasteiger partial charge in [-0.15, -0.1) is 0 Å². The largest absolute Gasteiger partial charge is 0.381 e. The van der Waals surface area contributed by atoms with Crippen LogP contribution in [0.3, 0.4) is 0 Å². The second-order valence-electron chi connectivity index (χ2n) is 9.13. The Bertz CT molecular complexity index is 1030. The summed E-state index contributed by atoms with van der Waals surface area (Å²) in [7, 11) is -3.85. The average Bonchev–Trinajstić information content (AvgIpc) is 3.10. The number of para-hydroxylation sites is 1. The van der Waals surface area contributed by atoms with Crippen molar-refractivity contribution in [2.75, 3.05) is 24.1 Å². The summed E-state index contributed by atoms with van der Waals surface area (Å²) in [6, 6.07) is 12.6. The molecule has 1 spiro atoms. The van der Waals surface area contributed by atoms with Crippen LogP contribution in [0, 0.1) is 5.41 Å². The molecule has 2 aromatic carbocycles. The second kappa shape index (κ2) is 8.17. The number of halogens is 2. The van der Waals surface area contributed by atoms with E-state index in [1.54, 1.807) is 0 Å². The van der Waals surface area contributed by atoms with Crippen molar-refractivity contribution in [3.8, 4) is 0 Å². The quantitative estimate of drug-likeness (QED) is 0.569. The molecule has 7 heteroatoms. The minimum absolute atomic E-state index is 0.0424. The van der Waals surface area contributed by atoms with E-state index in [1.807, 2.05) is 31.2 Å². The molecule has 0 N–H and O–H groups in total. The van der Waals surface area contributed by atoms with E-state index in [0.29, 0.717) is 18.8 Å². The lowest BCUT2D eigenvalue weighted by Gasteiger charge is -2.43. The fraction of sp³-hybridized carbons (Fsp3) is 0.500. The van der Waals surface area contributed by atoms with E-state index < -0.39 is 16.4 Å². The molecular formula is C24H29F2NO3S. The van der Waals surface area contributed by atoms with Crippen molar-refractivity contribution < 1.29 is 21.9 Å². The van der Waals surface area contributed by atoms with Crippen molar-refractivity contribution >= 4 is 15.7 Å². The fourth-order valence-electron chi connectivity index (χ4n) is 4.96. The Labute approximate surface area is 183 Å². The maximum atomic E-state index is 13.5. The summed E-state index contributed by atoms with van der Waals surface area (Å²) in [5.74, 6) is 0. The van der Waals surface area contributed by atoms with Crippen LogP contribution in [-0.4, -0.2) is 28.2 Å². The molecule has 4 rings (SSSR count). The first-order valence-electron chi connectivity index (χ1n) is 10.8. The zero-order valence-corrected chi connectivity index (χ0v) is 18.8. The number of benzene rings is 2. The molecule has 0 amide bonds. The first-order valence-corrected chi connectivity index (χ1v) is 12.2. The highest BCUT2D eigenvalue weighted by Crippen LogP contribution is 2.54. The van der Waals surface area contributed by atoms with Gasteiger partial charge >= 0.3 is 0 Å². The Balaban J connectivity index is 1.64. The van der Waals surface area contributed by atoms with Crippen LogP contribution in [0.4, 0.5) is 14.5 Å². The summed E-state index contributed by atoms with van der Waals surface area (Å²) in [4.78, 5) is 0.0424. The fourth-order valence-corrected chi connectivity index (χ4v) is 6.53. The second-order valence-corrected chi connectivity index (χ2v) is 11.0. The van der Waals surface area contributed by atoms with Crippen molar-refractivity contribution in [1.29, 1.82) is 0 Å². The molecule has 0 aromatic heterocycles. The van der Waals surface area contributed by atoms with Gasteiger partial charge in [-0.1, -0.05) is 37.3 Å². The van der Waals surface area contributed by atoms with E-state index in [-0.39, 0.29) is 21.3 Å². The minimum Gasteiger partial charge on any atom is -0.381 e. The summed E-state index contributed by atoms with van der Waals surface area (Å²) in [5, 5.41) is 0. The molecule has 0 unspecified atom stereocenters. The normalized spacial score (nSPS) is 25.9. The first-order chi connectivity index (χ1) is 14.7. The van der Waals surface area contributed by atoms with Crippen molar-refractivity contribution in [1.82, 2.24) is 0 Å². The lowest BCUT2D eigenvalue weighted by molar-refractivity contribution is 0.0234. The van der Waals surface area contributed by atoms with E-state index in [9.17, 15) is 17.2 Å². The Kier molecular flexibility index (Phi) is 5.85. The van der Waals surface area contributed by atoms with Crippen molar-refractivity contribution in [2.45, 2.75) is 56.3 Å². The maximum absolute atomic E-state index is 13.5. The van der Waals surface area contributed by atoms with Gasteiger partial charge in [-0.2, -0.15) is 0 Å². The van der Waals surface area contributed by atoms with Gasteiger partial charge in [-0.25, -0.2) is 17.2 Å². The highest BCUT2D eigenvalue weighted by molar-refractivity contribution is 7.92. The summed E-state index contributed by atoms with van der Waals surface area (Å²) >= 11 is 0. The van der Waals surface area contributed by atoms with E-state index >= 15 is 0 Å². The van der Waals surface area contributed by atoms with E-state index in [2.05, 4.69) is 6.92 Å². The molecule has 1 fully saturated rings. The third-order valence-electron chi connectivity index (χ3n) is 6.98. The number of rotatable bonds is 6. The van der Waals surface area contributed by atoms with E-state index in [4.69, 9.17) is 4.74 Å². The van der Waals surface area contributed by atoms with Crippen LogP contribution in [-0.2, 0) is 20.2 Å². The Morgan fingerprint density at radius 2 is 1.68 bits per heavy atom. The predicted octanol–water partition coefficient (Wildman–Crippen LogP) is 5.69. The zero-order chi connectivity index (χ0) is 22.3. The smallest absolute Gasteiger partial charge is 0.264 e. The Morgan fingerprint density at radius 1 is 1.03 bits per heavy atom. The Hall–Kier alpha value is -1.99. The number of hydrogen-bond donors (Lipinski definition) is 0. The molecule has 1 heterocycles.